The van der Waals surface area contributed by atoms with Crippen LogP contribution in [0, 0.1) is 0 Å². The average Bonchev–Trinajstić information content (AvgIpc) is 2.70. The molecule has 2 nitrogen and oxygen atoms in total. The van der Waals surface area contributed by atoms with Crippen LogP contribution in [0.2, 0.25) is 0 Å². The van der Waals surface area contributed by atoms with Crippen molar-refractivity contribution in [2.75, 3.05) is 13.2 Å². The topological polar surface area (TPSA) is 32.3 Å². The van der Waals surface area contributed by atoms with E-state index in [0.717, 1.165) is 19.4 Å². The van der Waals surface area contributed by atoms with Crippen molar-refractivity contribution in [1.29, 1.82) is 0 Å². The van der Waals surface area contributed by atoms with Crippen LogP contribution in [0.4, 0.5) is 0 Å². The first kappa shape index (κ1) is 8.05. The Morgan fingerprint density at radius 3 is 2.70 bits per heavy atom. The molecule has 1 saturated carbocycles. The molecule has 0 unspecified atom stereocenters. The van der Waals surface area contributed by atoms with Gasteiger partial charge in [0.25, 0.3) is 0 Å². The monoisotopic (exact) mass is 161 g/mol. The van der Waals surface area contributed by atoms with Gasteiger partial charge in [0.2, 0.25) is 0 Å². The van der Waals surface area contributed by atoms with Crippen LogP contribution in [0.3, 0.4) is 0 Å². The van der Waals surface area contributed by atoms with Crippen molar-refractivity contribution >= 4 is 11.6 Å². The Labute approximate surface area is 65.9 Å². The first-order valence-corrected chi connectivity index (χ1v) is 3.88. The Bertz CT molecular complexity index is 132. The van der Waals surface area contributed by atoms with Crippen molar-refractivity contribution in [3.05, 3.63) is 11.6 Å². The quantitative estimate of drug-likeness (QED) is 0.641. The summed E-state index contributed by atoms with van der Waals surface area (Å²) in [6.45, 7) is 0.993. The van der Waals surface area contributed by atoms with Gasteiger partial charge in [-0.1, -0.05) is 17.7 Å². The lowest BCUT2D eigenvalue weighted by atomic mass is 10.3. The van der Waals surface area contributed by atoms with Gasteiger partial charge in [-0.15, -0.1) is 0 Å². The van der Waals surface area contributed by atoms with E-state index in [1.54, 1.807) is 0 Å². The van der Waals surface area contributed by atoms with Gasteiger partial charge in [0.15, 0.2) is 0 Å². The van der Waals surface area contributed by atoms with Gasteiger partial charge >= 0.3 is 0 Å². The fourth-order valence-electron chi connectivity index (χ4n) is 0.862. The third-order valence-corrected chi connectivity index (χ3v) is 2.02. The van der Waals surface area contributed by atoms with Crippen LogP contribution in [-0.2, 0) is 0 Å². The van der Waals surface area contributed by atoms with Crippen LogP contribution >= 0.6 is 11.6 Å². The van der Waals surface area contributed by atoms with E-state index < -0.39 is 0 Å². The summed E-state index contributed by atoms with van der Waals surface area (Å²) in [7, 11) is 0. The Balaban J connectivity index is 2.12. The highest BCUT2D eigenvalue weighted by Crippen LogP contribution is 2.34. The van der Waals surface area contributed by atoms with Gasteiger partial charge in [-0.25, -0.2) is 0 Å². The molecule has 0 spiro atoms. The highest BCUT2D eigenvalue weighted by Gasteiger charge is 2.40. The number of hydrogen-bond donors (Lipinski definition) is 2. The minimum absolute atomic E-state index is 0.0381. The number of halogens is 1. The summed E-state index contributed by atoms with van der Waals surface area (Å²) in [5.74, 6) is 0. The first-order chi connectivity index (χ1) is 4.83. The maximum Gasteiger partial charge on any atom is 0.0613 e. The molecule has 0 aromatic rings. The van der Waals surface area contributed by atoms with E-state index in [1.807, 2.05) is 6.08 Å². The predicted octanol–water partition coefficient (Wildman–Crippen LogP) is 0.853. The van der Waals surface area contributed by atoms with E-state index in [0.29, 0.717) is 0 Å². The summed E-state index contributed by atoms with van der Waals surface area (Å²) in [6, 6.07) is 0. The predicted molar refractivity (Wildman–Crippen MR) is 42.0 cm³/mol. The molecule has 1 aliphatic rings. The van der Waals surface area contributed by atoms with E-state index in [-0.39, 0.29) is 12.1 Å². The van der Waals surface area contributed by atoms with Crippen LogP contribution in [-0.4, -0.2) is 23.8 Å². The van der Waals surface area contributed by atoms with Crippen molar-refractivity contribution in [2.24, 2.45) is 0 Å². The second-order valence-corrected chi connectivity index (χ2v) is 2.93. The van der Waals surface area contributed by atoms with Gasteiger partial charge < -0.3 is 10.4 Å². The Hall–Kier alpha value is -0.0500. The zero-order chi connectivity index (χ0) is 7.45. The molecule has 10 heavy (non-hydrogen) atoms. The summed E-state index contributed by atoms with van der Waals surface area (Å²) in [6.07, 6.45) is 4.00. The summed E-state index contributed by atoms with van der Waals surface area (Å²) < 4.78 is 0. The summed E-state index contributed by atoms with van der Waals surface area (Å²) in [5, 5.41) is 12.0. The summed E-state index contributed by atoms with van der Waals surface area (Å²) in [5.41, 5.74) is 1.52. The molecule has 0 atom stereocenters. The average molecular weight is 162 g/mol. The molecule has 0 aliphatic heterocycles. The Kier molecular flexibility index (Phi) is 2.72. The molecule has 1 rings (SSSR count). The normalized spacial score (nSPS) is 21.8. The fraction of sp³-hybridized carbons (Fsp3) is 0.714. The Morgan fingerprint density at radius 2 is 2.30 bits per heavy atom. The molecule has 0 heterocycles. The number of nitrogens with one attached hydrogen (secondary N) is 1. The lowest BCUT2D eigenvalue weighted by Gasteiger charge is -2.11. The van der Waals surface area contributed by atoms with Crippen LogP contribution in [0.1, 0.15) is 12.8 Å². The van der Waals surface area contributed by atoms with Gasteiger partial charge in [-0.2, -0.15) is 0 Å². The van der Waals surface area contributed by atoms with Crippen molar-refractivity contribution < 1.29 is 5.11 Å². The molecule has 2 N–H and O–H groups in total. The molecule has 1 fully saturated rings. The van der Waals surface area contributed by atoms with Crippen molar-refractivity contribution in [2.45, 2.75) is 18.4 Å². The third kappa shape index (κ3) is 1.97. The Morgan fingerprint density at radius 1 is 1.60 bits per heavy atom. The SMILES string of the molecule is OCC1(NC/C=C/Cl)CC1. The zero-order valence-electron chi connectivity index (χ0n) is 5.81. The molecule has 0 saturated heterocycles. The van der Waals surface area contributed by atoms with Crippen LogP contribution in [0.25, 0.3) is 0 Å². The number of rotatable bonds is 4. The molecule has 58 valence electrons. The molecule has 0 aromatic heterocycles. The van der Waals surface area contributed by atoms with Gasteiger partial charge in [-0.3, -0.25) is 0 Å². The first-order valence-electron chi connectivity index (χ1n) is 3.44. The molecule has 0 aromatic carbocycles. The van der Waals surface area contributed by atoms with Gasteiger partial charge in [0.05, 0.1) is 6.61 Å². The van der Waals surface area contributed by atoms with Crippen molar-refractivity contribution in [3.63, 3.8) is 0 Å². The van der Waals surface area contributed by atoms with E-state index in [4.69, 9.17) is 16.7 Å². The van der Waals surface area contributed by atoms with Crippen LogP contribution in [0.5, 0.6) is 0 Å². The van der Waals surface area contributed by atoms with Crippen molar-refractivity contribution in [3.8, 4) is 0 Å². The second kappa shape index (κ2) is 3.37. The zero-order valence-corrected chi connectivity index (χ0v) is 6.56. The van der Waals surface area contributed by atoms with Gasteiger partial charge in [-0.05, 0) is 12.8 Å². The van der Waals surface area contributed by atoms with E-state index in [2.05, 4.69) is 5.32 Å². The minimum atomic E-state index is 0.0381. The molecular weight excluding hydrogens is 150 g/mol. The summed E-state index contributed by atoms with van der Waals surface area (Å²) in [4.78, 5) is 0. The van der Waals surface area contributed by atoms with Crippen LogP contribution in [0.15, 0.2) is 11.6 Å². The highest BCUT2D eigenvalue weighted by molar-refractivity contribution is 6.25. The third-order valence-electron chi connectivity index (χ3n) is 1.84. The number of aliphatic hydroxyl groups excluding tert-OH is 1. The molecule has 0 radical (unpaired) electrons. The van der Waals surface area contributed by atoms with Crippen molar-refractivity contribution in [1.82, 2.24) is 5.32 Å². The van der Waals surface area contributed by atoms with Gasteiger partial charge in [0.1, 0.15) is 0 Å². The minimum Gasteiger partial charge on any atom is -0.394 e. The van der Waals surface area contributed by atoms with E-state index in [1.165, 1.54) is 5.54 Å². The largest absolute Gasteiger partial charge is 0.394 e. The maximum atomic E-state index is 8.84. The molecular formula is C7H12ClNO. The molecule has 0 amide bonds. The lowest BCUT2D eigenvalue weighted by Crippen LogP contribution is -2.34. The molecule has 1 aliphatic carbocycles. The maximum absolute atomic E-state index is 8.84. The highest BCUT2D eigenvalue weighted by atomic mass is 35.5. The number of aliphatic hydroxyl groups is 1. The smallest absolute Gasteiger partial charge is 0.0613 e. The second-order valence-electron chi connectivity index (χ2n) is 2.68. The van der Waals surface area contributed by atoms with Gasteiger partial charge in [0, 0.05) is 17.6 Å². The summed E-state index contributed by atoms with van der Waals surface area (Å²) >= 11 is 5.31. The molecule has 0 bridgehead atoms. The lowest BCUT2D eigenvalue weighted by molar-refractivity contribution is 0.234. The fourth-order valence-corrected chi connectivity index (χ4v) is 0.951. The van der Waals surface area contributed by atoms with E-state index >= 15 is 0 Å². The standard InChI is InChI=1S/C7H12ClNO/c8-4-1-5-9-7(6-10)2-3-7/h1,4,9-10H,2-3,5-6H2/b4-1+. The van der Waals surface area contributed by atoms with E-state index in [9.17, 15) is 0 Å². The van der Waals surface area contributed by atoms with Crippen LogP contribution < -0.4 is 5.32 Å². The number of hydrogen-bond acceptors (Lipinski definition) is 2. The molecule has 3 heteroatoms.